The van der Waals surface area contributed by atoms with E-state index in [0.29, 0.717) is 31.0 Å². The number of hydrogen-bond acceptors (Lipinski definition) is 4. The lowest BCUT2D eigenvalue weighted by Gasteiger charge is -2.33. The van der Waals surface area contributed by atoms with E-state index in [1.165, 1.54) is 6.42 Å². The van der Waals surface area contributed by atoms with Crippen LogP contribution in [0.4, 0.5) is 0 Å². The highest BCUT2D eigenvalue weighted by Crippen LogP contribution is 2.40. The van der Waals surface area contributed by atoms with E-state index in [2.05, 4.69) is 18.7 Å². The second-order valence-electron chi connectivity index (χ2n) is 6.15. The molecule has 2 N–H and O–H groups in total. The average Bonchev–Trinajstić information content (AvgIpc) is 3.08. The van der Waals surface area contributed by atoms with Crippen molar-refractivity contribution < 1.29 is 9.53 Å². The van der Waals surface area contributed by atoms with Gasteiger partial charge in [-0.2, -0.15) is 0 Å². The fourth-order valence-corrected chi connectivity index (χ4v) is 3.17. The van der Waals surface area contributed by atoms with Gasteiger partial charge in [0, 0.05) is 19.1 Å². The number of esters is 1. The van der Waals surface area contributed by atoms with Crippen LogP contribution in [0.15, 0.2) is 0 Å². The molecule has 0 aromatic heterocycles. The van der Waals surface area contributed by atoms with Gasteiger partial charge in [-0.3, -0.25) is 4.90 Å². The molecular formula is C14H26N2O2. The number of rotatable bonds is 5. The number of carbonyl (C=O) groups excluding carboxylic acids is 1. The largest absolute Gasteiger partial charge is 0.465 e. The highest BCUT2D eigenvalue weighted by Gasteiger charge is 2.51. The van der Waals surface area contributed by atoms with E-state index in [1.807, 2.05) is 6.92 Å². The summed E-state index contributed by atoms with van der Waals surface area (Å²) in [5.41, 5.74) is 5.62. The van der Waals surface area contributed by atoms with Crippen LogP contribution in [0.1, 0.15) is 40.0 Å². The number of likely N-dealkylation sites (tertiary alicyclic amines) is 1. The number of nitrogens with two attached hydrogens (primary N) is 1. The zero-order chi connectivity index (χ0) is 13.3. The van der Waals surface area contributed by atoms with Gasteiger partial charge in [-0.25, -0.2) is 4.79 Å². The van der Waals surface area contributed by atoms with Crippen LogP contribution in [0.25, 0.3) is 0 Å². The smallest absolute Gasteiger partial charge is 0.327 e. The van der Waals surface area contributed by atoms with E-state index < -0.39 is 5.54 Å². The van der Waals surface area contributed by atoms with Crippen LogP contribution in [-0.4, -0.2) is 42.1 Å². The lowest BCUT2D eigenvalue weighted by atomic mass is 9.93. The molecule has 2 rings (SSSR count). The molecule has 1 saturated heterocycles. The Morgan fingerprint density at radius 2 is 2.11 bits per heavy atom. The number of nitrogens with zero attached hydrogens (tertiary/aromatic N) is 1. The van der Waals surface area contributed by atoms with Crippen molar-refractivity contribution in [2.24, 2.45) is 17.6 Å². The van der Waals surface area contributed by atoms with E-state index >= 15 is 0 Å². The summed E-state index contributed by atoms with van der Waals surface area (Å²) in [5.74, 6) is 0.810. The molecule has 4 nitrogen and oxygen atoms in total. The SMILES string of the molecule is CCOC(=O)C(N)(CN1CC(C)CC1C)C1CC1. The van der Waals surface area contributed by atoms with Gasteiger partial charge in [0.25, 0.3) is 0 Å². The Labute approximate surface area is 110 Å². The molecule has 1 aliphatic carbocycles. The lowest BCUT2D eigenvalue weighted by molar-refractivity contribution is -0.151. The molecule has 0 aromatic rings. The van der Waals surface area contributed by atoms with Crippen LogP contribution >= 0.6 is 0 Å². The molecule has 0 spiro atoms. The summed E-state index contributed by atoms with van der Waals surface area (Å²) in [4.78, 5) is 14.5. The summed E-state index contributed by atoms with van der Waals surface area (Å²) in [6.07, 6.45) is 3.32. The molecule has 104 valence electrons. The van der Waals surface area contributed by atoms with Gasteiger partial charge in [-0.1, -0.05) is 6.92 Å². The predicted octanol–water partition coefficient (Wildman–Crippen LogP) is 1.39. The van der Waals surface area contributed by atoms with E-state index in [4.69, 9.17) is 10.5 Å². The van der Waals surface area contributed by atoms with Crippen molar-refractivity contribution in [3.63, 3.8) is 0 Å². The van der Waals surface area contributed by atoms with Crippen molar-refractivity contribution in [3.05, 3.63) is 0 Å². The highest BCUT2D eigenvalue weighted by atomic mass is 16.5. The van der Waals surface area contributed by atoms with Gasteiger partial charge in [0.15, 0.2) is 0 Å². The molecule has 2 fully saturated rings. The van der Waals surface area contributed by atoms with Gasteiger partial charge >= 0.3 is 5.97 Å². The number of ether oxygens (including phenoxy) is 1. The highest BCUT2D eigenvalue weighted by molar-refractivity contribution is 5.82. The molecule has 0 aromatic carbocycles. The van der Waals surface area contributed by atoms with E-state index in [9.17, 15) is 4.79 Å². The second-order valence-corrected chi connectivity index (χ2v) is 6.15. The third-order valence-electron chi connectivity index (χ3n) is 4.34. The molecular weight excluding hydrogens is 228 g/mol. The summed E-state index contributed by atoms with van der Waals surface area (Å²) in [6.45, 7) is 8.44. The Morgan fingerprint density at radius 3 is 2.56 bits per heavy atom. The van der Waals surface area contributed by atoms with Gasteiger partial charge in [0.05, 0.1) is 6.61 Å². The Hall–Kier alpha value is -0.610. The first-order valence-corrected chi connectivity index (χ1v) is 7.17. The molecule has 1 saturated carbocycles. The first-order valence-electron chi connectivity index (χ1n) is 7.17. The van der Waals surface area contributed by atoms with Crippen LogP contribution in [0.2, 0.25) is 0 Å². The Morgan fingerprint density at radius 1 is 1.44 bits per heavy atom. The van der Waals surface area contributed by atoms with Crippen molar-refractivity contribution >= 4 is 5.97 Å². The fraction of sp³-hybridized carbons (Fsp3) is 0.929. The molecule has 0 amide bonds. The van der Waals surface area contributed by atoms with Crippen LogP contribution in [0.5, 0.6) is 0 Å². The summed E-state index contributed by atoms with van der Waals surface area (Å²) < 4.78 is 5.19. The number of carbonyl (C=O) groups is 1. The first-order chi connectivity index (χ1) is 8.47. The maximum Gasteiger partial charge on any atom is 0.327 e. The predicted molar refractivity (Wildman–Crippen MR) is 71.1 cm³/mol. The van der Waals surface area contributed by atoms with Crippen LogP contribution in [-0.2, 0) is 9.53 Å². The van der Waals surface area contributed by atoms with Crippen molar-refractivity contribution in [2.45, 2.75) is 51.6 Å². The maximum absolute atomic E-state index is 12.1. The zero-order valence-electron chi connectivity index (χ0n) is 11.8. The van der Waals surface area contributed by atoms with E-state index in [1.54, 1.807) is 0 Å². The molecule has 18 heavy (non-hydrogen) atoms. The fourth-order valence-electron chi connectivity index (χ4n) is 3.17. The standard InChI is InChI=1S/C14H26N2O2/c1-4-18-13(17)14(15,12-5-6-12)9-16-8-10(2)7-11(16)3/h10-12H,4-9,15H2,1-3H3. The summed E-state index contributed by atoms with van der Waals surface area (Å²) in [6, 6.07) is 0.524. The maximum atomic E-state index is 12.1. The molecule has 1 aliphatic heterocycles. The Kier molecular flexibility index (Phi) is 3.97. The summed E-state index contributed by atoms with van der Waals surface area (Å²) in [7, 11) is 0. The van der Waals surface area contributed by atoms with Gasteiger partial charge in [-0.05, 0) is 44.9 Å². The minimum Gasteiger partial charge on any atom is -0.465 e. The quantitative estimate of drug-likeness (QED) is 0.753. The summed E-state index contributed by atoms with van der Waals surface area (Å²) >= 11 is 0. The third kappa shape index (κ3) is 2.69. The molecule has 3 unspecified atom stereocenters. The van der Waals surface area contributed by atoms with Gasteiger partial charge in [-0.15, -0.1) is 0 Å². The van der Waals surface area contributed by atoms with Crippen molar-refractivity contribution in [2.75, 3.05) is 19.7 Å². The third-order valence-corrected chi connectivity index (χ3v) is 4.34. The normalized spacial score (nSPS) is 32.2. The average molecular weight is 254 g/mol. The minimum absolute atomic E-state index is 0.209. The van der Waals surface area contributed by atoms with Gasteiger partial charge in [0.1, 0.15) is 5.54 Å². The zero-order valence-corrected chi connectivity index (χ0v) is 11.8. The molecule has 2 aliphatic rings. The summed E-state index contributed by atoms with van der Waals surface area (Å²) in [5, 5.41) is 0. The Bertz CT molecular complexity index is 317. The van der Waals surface area contributed by atoms with Crippen LogP contribution < -0.4 is 5.73 Å². The first kappa shape index (κ1) is 13.8. The van der Waals surface area contributed by atoms with Crippen molar-refractivity contribution in [3.8, 4) is 0 Å². The van der Waals surface area contributed by atoms with E-state index in [0.717, 1.165) is 19.4 Å². The van der Waals surface area contributed by atoms with Crippen LogP contribution in [0, 0.1) is 11.8 Å². The monoisotopic (exact) mass is 254 g/mol. The van der Waals surface area contributed by atoms with E-state index in [-0.39, 0.29) is 5.97 Å². The Balaban J connectivity index is 2.04. The molecule has 3 atom stereocenters. The van der Waals surface area contributed by atoms with Gasteiger partial charge in [0.2, 0.25) is 0 Å². The molecule has 0 radical (unpaired) electrons. The lowest BCUT2D eigenvalue weighted by Crippen LogP contribution is -2.59. The van der Waals surface area contributed by atoms with Gasteiger partial charge < -0.3 is 10.5 Å². The second kappa shape index (κ2) is 5.17. The molecule has 1 heterocycles. The molecule has 0 bridgehead atoms. The topological polar surface area (TPSA) is 55.6 Å². The van der Waals surface area contributed by atoms with Crippen molar-refractivity contribution in [1.82, 2.24) is 4.90 Å². The molecule has 4 heteroatoms. The minimum atomic E-state index is -0.783. The van der Waals surface area contributed by atoms with Crippen molar-refractivity contribution in [1.29, 1.82) is 0 Å². The number of hydrogen-bond donors (Lipinski definition) is 1. The van der Waals surface area contributed by atoms with Crippen LogP contribution in [0.3, 0.4) is 0 Å².